The van der Waals surface area contributed by atoms with Crippen LogP contribution in [-0.4, -0.2) is 18.8 Å². The lowest BCUT2D eigenvalue weighted by Gasteiger charge is -2.09. The highest BCUT2D eigenvalue weighted by Gasteiger charge is 2.20. The summed E-state index contributed by atoms with van der Waals surface area (Å²) in [5, 5.41) is 11.0. The van der Waals surface area contributed by atoms with E-state index in [9.17, 15) is 9.82 Å². The van der Waals surface area contributed by atoms with Crippen molar-refractivity contribution in [2.75, 3.05) is 0 Å². The molecular weight excluding hydrogens is 207 g/mol. The Hall–Kier alpha value is -2.01. The zero-order valence-corrected chi connectivity index (χ0v) is 8.37. The van der Waals surface area contributed by atoms with E-state index in [1.165, 1.54) is 0 Å². The standard InChI is InChI=1S/C11H9BO4/c13-8-15-12(14)16-11-7-3-5-9-4-1-2-6-10(9)11/h1-8,14H. The molecule has 0 aromatic heterocycles. The van der Waals surface area contributed by atoms with Crippen LogP contribution in [0.1, 0.15) is 0 Å². The van der Waals surface area contributed by atoms with Crippen molar-refractivity contribution in [1.29, 1.82) is 0 Å². The van der Waals surface area contributed by atoms with Crippen LogP contribution in [0, 0.1) is 0 Å². The summed E-state index contributed by atoms with van der Waals surface area (Å²) >= 11 is 0. The Morgan fingerprint density at radius 1 is 1.12 bits per heavy atom. The summed E-state index contributed by atoms with van der Waals surface area (Å²) in [6.45, 7) is 0.135. The molecule has 0 amide bonds. The van der Waals surface area contributed by atoms with E-state index in [2.05, 4.69) is 4.65 Å². The Bertz CT molecular complexity index is 495. The predicted octanol–water partition coefficient (Wildman–Crippen LogP) is 1.37. The van der Waals surface area contributed by atoms with Gasteiger partial charge in [0.25, 0.3) is 6.47 Å². The molecule has 0 heterocycles. The summed E-state index contributed by atoms with van der Waals surface area (Å²) in [4.78, 5) is 10.0. The van der Waals surface area contributed by atoms with Crippen LogP contribution >= 0.6 is 0 Å². The fourth-order valence-electron chi connectivity index (χ4n) is 1.48. The Balaban J connectivity index is 2.33. The molecule has 0 saturated heterocycles. The van der Waals surface area contributed by atoms with Gasteiger partial charge in [-0.1, -0.05) is 36.4 Å². The van der Waals surface area contributed by atoms with E-state index in [4.69, 9.17) is 4.65 Å². The van der Waals surface area contributed by atoms with Crippen LogP contribution in [0.4, 0.5) is 0 Å². The van der Waals surface area contributed by atoms with Gasteiger partial charge in [0.15, 0.2) is 0 Å². The van der Waals surface area contributed by atoms with Crippen LogP contribution in [0.25, 0.3) is 10.8 Å². The van der Waals surface area contributed by atoms with E-state index in [1.807, 2.05) is 30.3 Å². The Morgan fingerprint density at radius 2 is 1.88 bits per heavy atom. The van der Waals surface area contributed by atoms with Crippen LogP contribution in [-0.2, 0) is 9.45 Å². The summed E-state index contributed by atoms with van der Waals surface area (Å²) in [7, 11) is -1.58. The largest absolute Gasteiger partial charge is 0.787 e. The van der Waals surface area contributed by atoms with Crippen molar-refractivity contribution >= 4 is 24.6 Å². The molecule has 0 radical (unpaired) electrons. The van der Waals surface area contributed by atoms with Gasteiger partial charge in [-0.3, -0.25) is 4.79 Å². The van der Waals surface area contributed by atoms with Crippen molar-refractivity contribution in [2.45, 2.75) is 0 Å². The third-order valence-corrected chi connectivity index (χ3v) is 2.15. The molecule has 0 bridgehead atoms. The highest BCUT2D eigenvalue weighted by Crippen LogP contribution is 2.25. The highest BCUT2D eigenvalue weighted by atomic mass is 16.7. The molecule has 0 aliphatic carbocycles. The zero-order chi connectivity index (χ0) is 11.4. The van der Waals surface area contributed by atoms with Crippen molar-refractivity contribution in [1.82, 2.24) is 0 Å². The van der Waals surface area contributed by atoms with Gasteiger partial charge in [0.1, 0.15) is 5.75 Å². The highest BCUT2D eigenvalue weighted by molar-refractivity contribution is 6.37. The molecule has 80 valence electrons. The molecule has 2 aromatic rings. The third kappa shape index (κ3) is 2.15. The van der Waals surface area contributed by atoms with Crippen LogP contribution in [0.5, 0.6) is 5.75 Å². The first kappa shape index (κ1) is 10.5. The van der Waals surface area contributed by atoms with Gasteiger partial charge in [-0.2, -0.15) is 0 Å². The van der Waals surface area contributed by atoms with Crippen LogP contribution < -0.4 is 4.65 Å². The quantitative estimate of drug-likeness (QED) is 0.619. The number of rotatable bonds is 4. The van der Waals surface area contributed by atoms with Crippen LogP contribution in [0.2, 0.25) is 0 Å². The minimum Gasteiger partial charge on any atom is -0.500 e. The van der Waals surface area contributed by atoms with Crippen molar-refractivity contribution in [3.63, 3.8) is 0 Å². The van der Waals surface area contributed by atoms with Crippen molar-refractivity contribution in [3.8, 4) is 5.75 Å². The van der Waals surface area contributed by atoms with Gasteiger partial charge in [0.2, 0.25) is 0 Å². The molecule has 1 N–H and O–H groups in total. The first-order chi connectivity index (χ1) is 7.81. The maximum absolute atomic E-state index is 10.0. The number of carbonyl (C=O) groups excluding carboxylic acids is 1. The molecule has 0 unspecified atom stereocenters. The zero-order valence-electron chi connectivity index (χ0n) is 8.37. The SMILES string of the molecule is O=COB(O)Oc1cccc2ccccc12. The third-order valence-electron chi connectivity index (χ3n) is 2.15. The Morgan fingerprint density at radius 3 is 2.69 bits per heavy atom. The summed E-state index contributed by atoms with van der Waals surface area (Å²) in [6, 6.07) is 13.0. The minimum absolute atomic E-state index is 0.135. The fourth-order valence-corrected chi connectivity index (χ4v) is 1.48. The summed E-state index contributed by atoms with van der Waals surface area (Å²) in [5.74, 6) is 0.465. The van der Waals surface area contributed by atoms with Gasteiger partial charge in [0.05, 0.1) is 0 Å². The normalized spacial score (nSPS) is 9.81. The molecule has 4 nitrogen and oxygen atoms in total. The number of hydrogen-bond acceptors (Lipinski definition) is 4. The van der Waals surface area contributed by atoms with E-state index in [0.29, 0.717) is 5.75 Å². The number of carbonyl (C=O) groups is 1. The first-order valence-corrected chi connectivity index (χ1v) is 4.73. The van der Waals surface area contributed by atoms with E-state index in [0.717, 1.165) is 10.8 Å². The van der Waals surface area contributed by atoms with Gasteiger partial charge < -0.3 is 14.3 Å². The van der Waals surface area contributed by atoms with E-state index >= 15 is 0 Å². The summed E-state index contributed by atoms with van der Waals surface area (Å²) in [5.41, 5.74) is 0. The molecule has 0 fully saturated rings. The van der Waals surface area contributed by atoms with E-state index < -0.39 is 7.32 Å². The molecule has 2 aromatic carbocycles. The molecule has 0 spiro atoms. The van der Waals surface area contributed by atoms with Gasteiger partial charge >= 0.3 is 7.32 Å². The molecular formula is C11H9BO4. The molecule has 0 aliphatic heterocycles. The monoisotopic (exact) mass is 216 g/mol. The number of benzene rings is 2. The van der Waals surface area contributed by atoms with E-state index in [1.54, 1.807) is 12.1 Å². The average molecular weight is 216 g/mol. The number of hydrogen-bond donors (Lipinski definition) is 1. The Kier molecular flexibility index (Phi) is 3.07. The lowest BCUT2D eigenvalue weighted by Crippen LogP contribution is -2.25. The topological polar surface area (TPSA) is 55.8 Å². The van der Waals surface area contributed by atoms with Crippen molar-refractivity contribution in [2.24, 2.45) is 0 Å². The van der Waals surface area contributed by atoms with Crippen LogP contribution in [0.3, 0.4) is 0 Å². The minimum atomic E-state index is -1.58. The van der Waals surface area contributed by atoms with Crippen molar-refractivity contribution in [3.05, 3.63) is 42.5 Å². The Labute approximate surface area is 92.6 Å². The van der Waals surface area contributed by atoms with Gasteiger partial charge in [-0.05, 0) is 11.5 Å². The average Bonchev–Trinajstić information content (AvgIpc) is 2.30. The smallest absolute Gasteiger partial charge is 0.500 e. The lowest BCUT2D eigenvalue weighted by molar-refractivity contribution is -0.122. The second-order valence-corrected chi connectivity index (χ2v) is 3.13. The maximum Gasteiger partial charge on any atom is 0.787 e. The van der Waals surface area contributed by atoms with Gasteiger partial charge in [0, 0.05) is 5.39 Å². The van der Waals surface area contributed by atoms with Crippen molar-refractivity contribution < 1.29 is 19.1 Å². The molecule has 16 heavy (non-hydrogen) atoms. The van der Waals surface area contributed by atoms with Gasteiger partial charge in [-0.25, -0.2) is 0 Å². The molecule has 5 heteroatoms. The van der Waals surface area contributed by atoms with E-state index in [-0.39, 0.29) is 6.47 Å². The predicted molar refractivity (Wildman–Crippen MR) is 59.7 cm³/mol. The maximum atomic E-state index is 10.0. The molecule has 2 rings (SSSR count). The van der Waals surface area contributed by atoms with Crippen LogP contribution in [0.15, 0.2) is 42.5 Å². The molecule has 0 atom stereocenters. The second kappa shape index (κ2) is 4.68. The second-order valence-electron chi connectivity index (χ2n) is 3.13. The number of fused-ring (bicyclic) bond motifs is 1. The van der Waals surface area contributed by atoms with Gasteiger partial charge in [-0.15, -0.1) is 0 Å². The lowest BCUT2D eigenvalue weighted by atomic mass is 10.1. The summed E-state index contributed by atoms with van der Waals surface area (Å²) in [6.07, 6.45) is 0. The summed E-state index contributed by atoms with van der Waals surface area (Å²) < 4.78 is 9.32. The molecule has 0 saturated carbocycles. The molecule has 0 aliphatic rings. The first-order valence-electron chi connectivity index (χ1n) is 4.73. The fraction of sp³-hybridized carbons (Fsp3) is 0.